The predicted octanol–water partition coefficient (Wildman–Crippen LogP) is 3.63. The number of piperazine rings is 1. The Hall–Kier alpha value is -2.33. The lowest BCUT2D eigenvalue weighted by Crippen LogP contribution is -2.48. The standard InChI is InChI=1S/C20H24N2O2/c1-20(2,24-19(23)22-14-12-21-13-15-22)18-10-8-17(9-11-18)16-6-4-3-5-7-16/h3-11,21H,12-15H2,1-2H3. The second-order valence-corrected chi connectivity index (χ2v) is 6.56. The van der Waals surface area contributed by atoms with Crippen LogP contribution in [0.2, 0.25) is 0 Å². The zero-order valence-corrected chi connectivity index (χ0v) is 14.3. The molecule has 1 aliphatic heterocycles. The molecule has 1 N–H and O–H groups in total. The number of benzene rings is 2. The third-order valence-corrected chi connectivity index (χ3v) is 4.40. The quantitative estimate of drug-likeness (QED) is 0.937. The van der Waals surface area contributed by atoms with Crippen molar-refractivity contribution in [1.29, 1.82) is 0 Å². The first-order chi connectivity index (χ1) is 11.6. The van der Waals surface area contributed by atoms with Crippen LogP contribution in [0.15, 0.2) is 54.6 Å². The summed E-state index contributed by atoms with van der Waals surface area (Å²) in [5.41, 5.74) is 2.67. The van der Waals surface area contributed by atoms with Crippen LogP contribution < -0.4 is 5.32 Å². The van der Waals surface area contributed by atoms with Crippen LogP contribution in [0.1, 0.15) is 19.4 Å². The van der Waals surface area contributed by atoms with Gasteiger partial charge in [-0.15, -0.1) is 0 Å². The van der Waals surface area contributed by atoms with Gasteiger partial charge in [-0.3, -0.25) is 0 Å². The van der Waals surface area contributed by atoms with Gasteiger partial charge in [-0.1, -0.05) is 54.6 Å². The molecular weight excluding hydrogens is 300 g/mol. The lowest BCUT2D eigenvalue weighted by Gasteiger charge is -2.32. The molecule has 0 radical (unpaired) electrons. The Morgan fingerprint density at radius 1 is 0.958 bits per heavy atom. The Bertz CT molecular complexity index is 675. The number of rotatable bonds is 3. The van der Waals surface area contributed by atoms with Gasteiger partial charge in [0.2, 0.25) is 0 Å². The topological polar surface area (TPSA) is 41.6 Å². The van der Waals surface area contributed by atoms with Gasteiger partial charge in [0.25, 0.3) is 0 Å². The third-order valence-electron chi connectivity index (χ3n) is 4.40. The van der Waals surface area contributed by atoms with Crippen LogP contribution in [-0.2, 0) is 10.3 Å². The Morgan fingerprint density at radius 2 is 1.54 bits per heavy atom. The van der Waals surface area contributed by atoms with E-state index >= 15 is 0 Å². The Morgan fingerprint density at radius 3 is 2.17 bits per heavy atom. The molecule has 0 aromatic heterocycles. The molecule has 4 nitrogen and oxygen atoms in total. The summed E-state index contributed by atoms with van der Waals surface area (Å²) in [5.74, 6) is 0. The molecule has 0 saturated carbocycles. The van der Waals surface area contributed by atoms with E-state index in [1.54, 1.807) is 4.90 Å². The van der Waals surface area contributed by atoms with Gasteiger partial charge < -0.3 is 15.0 Å². The van der Waals surface area contributed by atoms with Crippen molar-refractivity contribution >= 4 is 6.09 Å². The number of carbonyl (C=O) groups excluding carboxylic acids is 1. The van der Waals surface area contributed by atoms with Crippen molar-refractivity contribution in [2.24, 2.45) is 0 Å². The molecule has 0 aliphatic carbocycles. The fourth-order valence-corrected chi connectivity index (χ4v) is 2.88. The molecule has 24 heavy (non-hydrogen) atoms. The molecule has 0 unspecified atom stereocenters. The first-order valence-electron chi connectivity index (χ1n) is 8.41. The zero-order chi connectivity index (χ0) is 17.0. The number of nitrogens with zero attached hydrogens (tertiary/aromatic N) is 1. The van der Waals surface area contributed by atoms with Crippen molar-refractivity contribution < 1.29 is 9.53 Å². The molecule has 1 amide bonds. The highest BCUT2D eigenvalue weighted by Crippen LogP contribution is 2.28. The van der Waals surface area contributed by atoms with E-state index in [9.17, 15) is 4.79 Å². The number of hydrogen-bond donors (Lipinski definition) is 1. The minimum absolute atomic E-state index is 0.242. The van der Waals surface area contributed by atoms with Gasteiger partial charge in [0.1, 0.15) is 5.60 Å². The van der Waals surface area contributed by atoms with Crippen LogP contribution in [0.4, 0.5) is 4.79 Å². The van der Waals surface area contributed by atoms with Crippen molar-refractivity contribution in [2.45, 2.75) is 19.4 Å². The van der Waals surface area contributed by atoms with Crippen molar-refractivity contribution in [2.75, 3.05) is 26.2 Å². The van der Waals surface area contributed by atoms with Gasteiger partial charge in [0.05, 0.1) is 0 Å². The first kappa shape index (κ1) is 16.5. The number of ether oxygens (including phenoxy) is 1. The van der Waals surface area contributed by atoms with Gasteiger partial charge in [0.15, 0.2) is 0 Å². The number of nitrogens with one attached hydrogen (secondary N) is 1. The normalized spacial score (nSPS) is 15.2. The molecule has 3 rings (SSSR count). The van der Waals surface area contributed by atoms with Crippen LogP contribution in [-0.4, -0.2) is 37.2 Å². The molecule has 0 bridgehead atoms. The lowest BCUT2D eigenvalue weighted by molar-refractivity contribution is 0.00898. The predicted molar refractivity (Wildman–Crippen MR) is 95.8 cm³/mol. The van der Waals surface area contributed by atoms with Gasteiger partial charge >= 0.3 is 6.09 Å². The average Bonchev–Trinajstić information content (AvgIpc) is 2.63. The number of hydrogen-bond acceptors (Lipinski definition) is 3. The molecule has 0 atom stereocenters. The molecule has 2 aromatic rings. The Labute approximate surface area is 143 Å². The molecule has 126 valence electrons. The van der Waals surface area contributed by atoms with E-state index in [1.807, 2.05) is 44.2 Å². The van der Waals surface area contributed by atoms with Crippen LogP contribution in [0.5, 0.6) is 0 Å². The fraction of sp³-hybridized carbons (Fsp3) is 0.350. The van der Waals surface area contributed by atoms with Crippen LogP contribution >= 0.6 is 0 Å². The van der Waals surface area contributed by atoms with E-state index < -0.39 is 5.60 Å². The van der Waals surface area contributed by atoms with E-state index in [2.05, 4.69) is 29.6 Å². The smallest absolute Gasteiger partial charge is 0.410 e. The summed E-state index contributed by atoms with van der Waals surface area (Å²) < 4.78 is 5.77. The maximum absolute atomic E-state index is 12.4. The van der Waals surface area contributed by atoms with Gasteiger partial charge in [-0.2, -0.15) is 0 Å². The highest BCUT2D eigenvalue weighted by atomic mass is 16.6. The van der Waals surface area contributed by atoms with Crippen molar-refractivity contribution in [3.05, 3.63) is 60.2 Å². The summed E-state index contributed by atoms with van der Waals surface area (Å²) in [7, 11) is 0. The maximum atomic E-state index is 12.4. The molecule has 0 spiro atoms. The molecule has 1 heterocycles. The van der Waals surface area contributed by atoms with Crippen LogP contribution in [0, 0.1) is 0 Å². The van der Waals surface area contributed by atoms with E-state index in [4.69, 9.17) is 4.74 Å². The fourth-order valence-electron chi connectivity index (χ4n) is 2.88. The van der Waals surface area contributed by atoms with E-state index in [-0.39, 0.29) is 6.09 Å². The zero-order valence-electron chi connectivity index (χ0n) is 14.3. The van der Waals surface area contributed by atoms with Gasteiger partial charge in [-0.25, -0.2) is 4.79 Å². The summed E-state index contributed by atoms with van der Waals surface area (Å²) in [6.07, 6.45) is -0.242. The summed E-state index contributed by atoms with van der Waals surface area (Å²) in [5, 5.41) is 3.24. The summed E-state index contributed by atoms with van der Waals surface area (Å²) in [6, 6.07) is 18.5. The monoisotopic (exact) mass is 324 g/mol. The average molecular weight is 324 g/mol. The molecular formula is C20H24N2O2. The summed E-state index contributed by atoms with van der Waals surface area (Å²) >= 11 is 0. The summed E-state index contributed by atoms with van der Waals surface area (Å²) in [6.45, 7) is 6.90. The van der Waals surface area contributed by atoms with E-state index in [0.29, 0.717) is 13.1 Å². The van der Waals surface area contributed by atoms with Crippen LogP contribution in [0.25, 0.3) is 11.1 Å². The van der Waals surface area contributed by atoms with Crippen LogP contribution in [0.3, 0.4) is 0 Å². The second kappa shape index (κ2) is 7.05. The van der Waals surface area contributed by atoms with E-state index in [1.165, 1.54) is 5.56 Å². The van der Waals surface area contributed by atoms with Gasteiger partial charge in [0, 0.05) is 26.2 Å². The van der Waals surface area contributed by atoms with Crippen molar-refractivity contribution in [3.8, 4) is 11.1 Å². The minimum Gasteiger partial charge on any atom is -0.438 e. The lowest BCUT2D eigenvalue weighted by atomic mass is 9.95. The largest absolute Gasteiger partial charge is 0.438 e. The number of amides is 1. The van der Waals surface area contributed by atoms with Gasteiger partial charge in [-0.05, 0) is 30.5 Å². The molecule has 1 fully saturated rings. The van der Waals surface area contributed by atoms with Crippen molar-refractivity contribution in [1.82, 2.24) is 10.2 Å². The molecule has 2 aromatic carbocycles. The minimum atomic E-state index is -0.656. The van der Waals surface area contributed by atoms with Crippen molar-refractivity contribution in [3.63, 3.8) is 0 Å². The summed E-state index contributed by atoms with van der Waals surface area (Å²) in [4.78, 5) is 14.1. The van der Waals surface area contributed by atoms with E-state index in [0.717, 1.165) is 24.2 Å². The maximum Gasteiger partial charge on any atom is 0.410 e. The second-order valence-electron chi connectivity index (χ2n) is 6.56. The highest BCUT2D eigenvalue weighted by Gasteiger charge is 2.28. The molecule has 1 aliphatic rings. The third kappa shape index (κ3) is 3.77. The molecule has 4 heteroatoms. The first-order valence-corrected chi connectivity index (χ1v) is 8.41. The molecule has 1 saturated heterocycles. The Balaban J connectivity index is 1.71. The highest BCUT2D eigenvalue weighted by molar-refractivity contribution is 5.69. The SMILES string of the molecule is CC(C)(OC(=O)N1CCNCC1)c1ccc(-c2ccccc2)cc1. The number of carbonyl (C=O) groups is 1. The Kier molecular flexibility index (Phi) is 4.86.